The summed E-state index contributed by atoms with van der Waals surface area (Å²) in [6.07, 6.45) is 1.91. The first kappa shape index (κ1) is 15.2. The smallest absolute Gasteiger partial charge is 0.255 e. The third-order valence-electron chi connectivity index (χ3n) is 4.11. The van der Waals surface area contributed by atoms with Gasteiger partial charge in [0, 0.05) is 26.0 Å². The van der Waals surface area contributed by atoms with Crippen molar-refractivity contribution in [3.63, 3.8) is 0 Å². The molecule has 1 amide bonds. The van der Waals surface area contributed by atoms with Crippen LogP contribution in [0, 0.1) is 6.92 Å². The van der Waals surface area contributed by atoms with Gasteiger partial charge in [-0.2, -0.15) is 0 Å². The van der Waals surface area contributed by atoms with Gasteiger partial charge in [-0.25, -0.2) is 0 Å². The highest BCUT2D eigenvalue weighted by atomic mass is 16.5. The Morgan fingerprint density at radius 2 is 1.86 bits per heavy atom. The van der Waals surface area contributed by atoms with E-state index in [1.807, 2.05) is 69.0 Å². The number of carbonyl (C=O) groups excluding carboxylic acids is 1. The molecule has 0 aliphatic heterocycles. The quantitative estimate of drug-likeness (QED) is 0.865. The van der Waals surface area contributed by atoms with E-state index in [1.54, 1.807) is 12.0 Å². The fourth-order valence-corrected chi connectivity index (χ4v) is 2.31. The van der Waals surface area contributed by atoms with Gasteiger partial charge < -0.3 is 14.2 Å². The van der Waals surface area contributed by atoms with Crippen molar-refractivity contribution in [2.24, 2.45) is 7.05 Å². The zero-order chi connectivity index (χ0) is 15.6. The molecule has 0 aliphatic rings. The lowest BCUT2D eigenvalue weighted by molar-refractivity contribution is 0.0742. The molecule has 1 heterocycles. The number of rotatable bonds is 4. The van der Waals surface area contributed by atoms with E-state index in [0.29, 0.717) is 0 Å². The minimum Gasteiger partial charge on any atom is -0.497 e. The third kappa shape index (κ3) is 2.94. The number of aromatic nitrogens is 1. The number of amides is 1. The molecule has 4 heteroatoms. The monoisotopic (exact) mass is 286 g/mol. The molecule has 0 saturated heterocycles. The summed E-state index contributed by atoms with van der Waals surface area (Å²) in [6.45, 7) is 3.98. The van der Waals surface area contributed by atoms with Gasteiger partial charge in [-0.15, -0.1) is 0 Å². The zero-order valence-corrected chi connectivity index (χ0v) is 13.3. The number of nitrogens with zero attached hydrogens (tertiary/aromatic N) is 2. The van der Waals surface area contributed by atoms with Gasteiger partial charge >= 0.3 is 0 Å². The van der Waals surface area contributed by atoms with E-state index in [1.165, 1.54) is 0 Å². The van der Waals surface area contributed by atoms with Gasteiger partial charge in [0.2, 0.25) is 0 Å². The van der Waals surface area contributed by atoms with Gasteiger partial charge in [0.15, 0.2) is 0 Å². The van der Waals surface area contributed by atoms with Gasteiger partial charge in [-0.05, 0) is 37.6 Å². The van der Waals surface area contributed by atoms with Crippen LogP contribution in [0.25, 0.3) is 0 Å². The van der Waals surface area contributed by atoms with Gasteiger partial charge in [0.25, 0.3) is 5.91 Å². The highest BCUT2D eigenvalue weighted by Gasteiger charge is 2.21. The lowest BCUT2D eigenvalue weighted by Gasteiger charge is -2.25. The molecule has 0 bridgehead atoms. The van der Waals surface area contributed by atoms with Crippen LogP contribution in [0.4, 0.5) is 0 Å². The predicted octanol–water partition coefficient (Wildman–Crippen LogP) is 3.18. The van der Waals surface area contributed by atoms with Crippen LogP contribution in [0.15, 0.2) is 36.5 Å². The molecule has 0 fully saturated rings. The molecule has 0 aliphatic carbocycles. The largest absolute Gasteiger partial charge is 0.497 e. The van der Waals surface area contributed by atoms with Crippen LogP contribution in [-0.2, 0) is 7.05 Å². The summed E-state index contributed by atoms with van der Waals surface area (Å²) in [4.78, 5) is 14.4. The van der Waals surface area contributed by atoms with Crippen molar-refractivity contribution in [3.8, 4) is 5.75 Å². The second kappa shape index (κ2) is 6.04. The molecule has 4 nitrogen and oxygen atoms in total. The lowest BCUT2D eigenvalue weighted by Crippen LogP contribution is -2.30. The Kier molecular flexibility index (Phi) is 4.36. The Labute approximate surface area is 125 Å². The normalized spacial score (nSPS) is 12.0. The van der Waals surface area contributed by atoms with E-state index in [2.05, 4.69) is 0 Å². The highest BCUT2D eigenvalue weighted by molar-refractivity contribution is 5.95. The maximum Gasteiger partial charge on any atom is 0.255 e. The molecule has 2 aromatic rings. The summed E-state index contributed by atoms with van der Waals surface area (Å²) in [6, 6.07) is 9.68. The Balaban J connectivity index is 2.19. The summed E-state index contributed by atoms with van der Waals surface area (Å²) in [7, 11) is 5.43. The number of hydrogen-bond acceptors (Lipinski definition) is 2. The zero-order valence-electron chi connectivity index (χ0n) is 13.3. The van der Waals surface area contributed by atoms with E-state index in [-0.39, 0.29) is 11.9 Å². The number of ether oxygens (including phenoxy) is 1. The maximum atomic E-state index is 12.6. The Hall–Kier alpha value is -2.23. The Bertz CT molecular complexity index is 629. The Morgan fingerprint density at radius 3 is 2.33 bits per heavy atom. The second-order valence-electron chi connectivity index (χ2n) is 5.29. The van der Waals surface area contributed by atoms with Crippen LogP contribution in [0.5, 0.6) is 5.75 Å². The van der Waals surface area contributed by atoms with Crippen LogP contribution >= 0.6 is 0 Å². The highest BCUT2D eigenvalue weighted by Crippen LogP contribution is 2.24. The van der Waals surface area contributed by atoms with E-state index in [0.717, 1.165) is 22.6 Å². The summed E-state index contributed by atoms with van der Waals surface area (Å²) in [5.74, 6) is 0.857. The predicted molar refractivity (Wildman–Crippen MR) is 83.7 cm³/mol. The first-order valence-electron chi connectivity index (χ1n) is 6.98. The van der Waals surface area contributed by atoms with E-state index >= 15 is 0 Å². The fourth-order valence-electron chi connectivity index (χ4n) is 2.31. The second-order valence-corrected chi connectivity index (χ2v) is 5.29. The van der Waals surface area contributed by atoms with Gasteiger partial charge in [-0.3, -0.25) is 4.79 Å². The maximum absolute atomic E-state index is 12.6. The molecule has 0 spiro atoms. The average Bonchev–Trinajstić information content (AvgIpc) is 2.85. The first-order chi connectivity index (χ1) is 9.95. The standard InChI is InChI=1S/C17H22N2O2/c1-12(14-6-8-15(21-5)9-7-14)19(4)17(20)16-10-11-18(3)13(16)2/h6-12H,1-5H3/t12-/m0/s1. The molecule has 0 unspecified atom stereocenters. The summed E-state index contributed by atoms with van der Waals surface area (Å²) in [5, 5.41) is 0. The van der Waals surface area contributed by atoms with E-state index < -0.39 is 0 Å². The topological polar surface area (TPSA) is 34.5 Å². The van der Waals surface area contributed by atoms with Crippen LogP contribution in [0.3, 0.4) is 0 Å². The molecular formula is C17H22N2O2. The minimum atomic E-state index is 0.00279. The van der Waals surface area contributed by atoms with Crippen LogP contribution < -0.4 is 4.74 Å². The summed E-state index contributed by atoms with van der Waals surface area (Å²) >= 11 is 0. The van der Waals surface area contributed by atoms with E-state index in [4.69, 9.17) is 4.74 Å². The summed E-state index contributed by atoms with van der Waals surface area (Å²) < 4.78 is 7.12. The van der Waals surface area contributed by atoms with Crippen molar-refractivity contribution >= 4 is 5.91 Å². The van der Waals surface area contributed by atoms with Crippen molar-refractivity contribution in [1.82, 2.24) is 9.47 Å². The third-order valence-corrected chi connectivity index (χ3v) is 4.11. The van der Waals surface area contributed by atoms with Crippen molar-refractivity contribution < 1.29 is 9.53 Å². The van der Waals surface area contributed by atoms with Gasteiger partial charge in [-0.1, -0.05) is 12.1 Å². The molecule has 0 saturated carbocycles. The SMILES string of the molecule is COc1ccc([C@H](C)N(C)C(=O)c2ccn(C)c2C)cc1. The number of hydrogen-bond donors (Lipinski definition) is 0. The number of aryl methyl sites for hydroxylation is 1. The fraction of sp³-hybridized carbons (Fsp3) is 0.353. The molecule has 1 aromatic heterocycles. The lowest BCUT2D eigenvalue weighted by atomic mass is 10.1. The van der Waals surface area contributed by atoms with Crippen LogP contribution in [0.1, 0.15) is 34.6 Å². The van der Waals surface area contributed by atoms with Crippen molar-refractivity contribution in [1.29, 1.82) is 0 Å². The van der Waals surface area contributed by atoms with Crippen molar-refractivity contribution in [3.05, 3.63) is 53.3 Å². The Morgan fingerprint density at radius 1 is 1.24 bits per heavy atom. The minimum absolute atomic E-state index is 0.00279. The molecule has 0 N–H and O–H groups in total. The molecule has 0 radical (unpaired) electrons. The van der Waals surface area contributed by atoms with Crippen molar-refractivity contribution in [2.45, 2.75) is 19.9 Å². The van der Waals surface area contributed by atoms with Crippen LogP contribution in [-0.4, -0.2) is 29.5 Å². The first-order valence-corrected chi connectivity index (χ1v) is 6.98. The molecule has 1 aromatic carbocycles. The molecular weight excluding hydrogens is 264 g/mol. The van der Waals surface area contributed by atoms with E-state index in [9.17, 15) is 4.79 Å². The number of benzene rings is 1. The van der Waals surface area contributed by atoms with Crippen molar-refractivity contribution in [2.75, 3.05) is 14.2 Å². The molecule has 112 valence electrons. The molecule has 21 heavy (non-hydrogen) atoms. The van der Waals surface area contributed by atoms with Gasteiger partial charge in [0.05, 0.1) is 18.7 Å². The summed E-state index contributed by atoms with van der Waals surface area (Å²) in [5.41, 5.74) is 2.81. The van der Waals surface area contributed by atoms with Crippen LogP contribution in [0.2, 0.25) is 0 Å². The molecule has 2 rings (SSSR count). The number of methoxy groups -OCH3 is 1. The van der Waals surface area contributed by atoms with Gasteiger partial charge in [0.1, 0.15) is 5.75 Å². The number of carbonyl (C=O) groups is 1. The molecule has 1 atom stereocenters. The average molecular weight is 286 g/mol.